The lowest BCUT2D eigenvalue weighted by Crippen LogP contribution is -2.35. The van der Waals surface area contributed by atoms with Gasteiger partial charge in [-0.15, -0.1) is 0 Å². The molecule has 4 aromatic rings. The van der Waals surface area contributed by atoms with E-state index in [9.17, 15) is 9.59 Å². The number of carbonyl (C=O) groups is 2. The Hall–Kier alpha value is -4.19. The van der Waals surface area contributed by atoms with Crippen LogP contribution in [0.2, 0.25) is 0 Å². The van der Waals surface area contributed by atoms with E-state index in [1.54, 1.807) is 30.6 Å². The molecule has 0 spiro atoms. The van der Waals surface area contributed by atoms with E-state index in [0.29, 0.717) is 11.4 Å². The van der Waals surface area contributed by atoms with Crippen molar-refractivity contribution in [3.8, 4) is 11.5 Å². The van der Waals surface area contributed by atoms with Gasteiger partial charge in [0, 0.05) is 35.4 Å². The number of anilines is 1. The van der Waals surface area contributed by atoms with Gasteiger partial charge in [-0.3, -0.25) is 14.6 Å². The van der Waals surface area contributed by atoms with E-state index in [1.807, 2.05) is 60.7 Å². The van der Waals surface area contributed by atoms with Gasteiger partial charge in [0.25, 0.3) is 0 Å². The molecule has 0 aliphatic rings. The van der Waals surface area contributed by atoms with Crippen LogP contribution in [0.3, 0.4) is 0 Å². The van der Waals surface area contributed by atoms with Crippen molar-refractivity contribution in [3.63, 3.8) is 0 Å². The minimum absolute atomic E-state index is 0.206. The summed E-state index contributed by atoms with van der Waals surface area (Å²) < 4.78 is 5.80. The fourth-order valence-corrected chi connectivity index (χ4v) is 3.02. The molecule has 0 aliphatic carbocycles. The second-order valence-corrected chi connectivity index (χ2v) is 6.60. The van der Waals surface area contributed by atoms with Crippen molar-refractivity contribution in [1.82, 2.24) is 10.3 Å². The minimum atomic E-state index is -0.726. The summed E-state index contributed by atoms with van der Waals surface area (Å²) in [5, 5.41) is 7.00. The second kappa shape index (κ2) is 8.87. The molecule has 0 radical (unpaired) electrons. The second-order valence-electron chi connectivity index (χ2n) is 6.60. The lowest BCUT2D eigenvalue weighted by Gasteiger charge is -2.10. The van der Waals surface area contributed by atoms with E-state index in [2.05, 4.69) is 15.6 Å². The summed E-state index contributed by atoms with van der Waals surface area (Å²) in [6, 6.07) is 24.0. The van der Waals surface area contributed by atoms with Gasteiger partial charge in [-0.25, -0.2) is 0 Å². The highest BCUT2D eigenvalue weighted by atomic mass is 16.5. The van der Waals surface area contributed by atoms with Gasteiger partial charge < -0.3 is 15.4 Å². The van der Waals surface area contributed by atoms with Gasteiger partial charge in [0.2, 0.25) is 0 Å². The Balaban J connectivity index is 1.37. The van der Waals surface area contributed by atoms with Crippen molar-refractivity contribution < 1.29 is 14.3 Å². The van der Waals surface area contributed by atoms with Crippen LogP contribution in [-0.2, 0) is 16.1 Å². The summed E-state index contributed by atoms with van der Waals surface area (Å²) in [6.07, 6.45) is 3.35. The Kier molecular flexibility index (Phi) is 5.66. The van der Waals surface area contributed by atoms with Gasteiger partial charge in [-0.1, -0.05) is 42.5 Å². The van der Waals surface area contributed by atoms with Gasteiger partial charge in [0.15, 0.2) is 0 Å². The topological polar surface area (TPSA) is 80.3 Å². The number of benzene rings is 3. The number of carbonyl (C=O) groups excluding carboxylic acids is 2. The molecule has 1 aromatic heterocycles. The number of pyridine rings is 1. The van der Waals surface area contributed by atoms with Crippen molar-refractivity contribution in [1.29, 1.82) is 0 Å². The molecule has 30 heavy (non-hydrogen) atoms. The molecule has 0 saturated heterocycles. The third-order valence-electron chi connectivity index (χ3n) is 4.47. The van der Waals surface area contributed by atoms with Gasteiger partial charge >= 0.3 is 11.8 Å². The van der Waals surface area contributed by atoms with Crippen molar-refractivity contribution in [2.75, 3.05) is 5.32 Å². The Morgan fingerprint density at radius 1 is 0.833 bits per heavy atom. The number of rotatable bonds is 5. The summed E-state index contributed by atoms with van der Waals surface area (Å²) >= 11 is 0. The zero-order valence-corrected chi connectivity index (χ0v) is 16.0. The summed E-state index contributed by atoms with van der Waals surface area (Å²) in [4.78, 5) is 28.7. The van der Waals surface area contributed by atoms with Crippen LogP contribution in [0.5, 0.6) is 11.5 Å². The number of para-hydroxylation sites is 1. The van der Waals surface area contributed by atoms with Gasteiger partial charge in [0.05, 0.1) is 0 Å². The average molecular weight is 397 g/mol. The van der Waals surface area contributed by atoms with Crippen LogP contribution in [-0.4, -0.2) is 16.8 Å². The molecule has 0 saturated carbocycles. The molecule has 4 rings (SSSR count). The summed E-state index contributed by atoms with van der Waals surface area (Å²) in [5.41, 5.74) is 1.38. The van der Waals surface area contributed by atoms with Gasteiger partial charge in [-0.05, 0) is 42.0 Å². The summed E-state index contributed by atoms with van der Waals surface area (Å²) in [7, 11) is 0. The molecule has 0 unspecified atom stereocenters. The number of nitrogens with one attached hydrogen (secondary N) is 2. The summed E-state index contributed by atoms with van der Waals surface area (Å²) in [6.45, 7) is 0.206. The molecule has 1 heterocycles. The molecule has 6 nitrogen and oxygen atoms in total. The normalized spacial score (nSPS) is 10.4. The highest BCUT2D eigenvalue weighted by molar-refractivity contribution is 6.40. The number of hydrogen-bond donors (Lipinski definition) is 2. The fourth-order valence-electron chi connectivity index (χ4n) is 3.02. The zero-order valence-electron chi connectivity index (χ0n) is 16.0. The highest BCUT2D eigenvalue weighted by Crippen LogP contribution is 2.23. The number of hydrogen-bond acceptors (Lipinski definition) is 4. The van der Waals surface area contributed by atoms with E-state index in [4.69, 9.17) is 4.74 Å². The SMILES string of the molecule is O=C(NCc1cccc(Oc2ccccc2)c1)C(=O)Nc1cccc2cnccc12. The molecule has 6 heteroatoms. The molecule has 3 aromatic carbocycles. The first-order valence-corrected chi connectivity index (χ1v) is 9.43. The highest BCUT2D eigenvalue weighted by Gasteiger charge is 2.14. The van der Waals surface area contributed by atoms with E-state index >= 15 is 0 Å². The number of fused-ring (bicyclic) bond motifs is 1. The Labute approximate surface area is 173 Å². The Morgan fingerprint density at radius 3 is 2.50 bits per heavy atom. The van der Waals surface area contributed by atoms with Crippen LogP contribution in [0, 0.1) is 0 Å². The first-order valence-electron chi connectivity index (χ1n) is 9.43. The van der Waals surface area contributed by atoms with E-state index in [-0.39, 0.29) is 6.54 Å². The predicted molar refractivity (Wildman–Crippen MR) is 115 cm³/mol. The molecular weight excluding hydrogens is 378 g/mol. The van der Waals surface area contributed by atoms with Crippen molar-refractivity contribution >= 4 is 28.3 Å². The van der Waals surface area contributed by atoms with Gasteiger partial charge in [0.1, 0.15) is 11.5 Å². The maximum Gasteiger partial charge on any atom is 0.313 e. The predicted octanol–water partition coefficient (Wildman–Crippen LogP) is 4.28. The van der Waals surface area contributed by atoms with Crippen LogP contribution >= 0.6 is 0 Å². The number of nitrogens with zero attached hydrogens (tertiary/aromatic N) is 1. The molecule has 0 atom stereocenters. The largest absolute Gasteiger partial charge is 0.457 e. The molecule has 0 aliphatic heterocycles. The zero-order chi connectivity index (χ0) is 20.8. The van der Waals surface area contributed by atoms with Crippen LogP contribution < -0.4 is 15.4 Å². The summed E-state index contributed by atoms with van der Waals surface area (Å²) in [5.74, 6) is -0.0587. The number of amides is 2. The minimum Gasteiger partial charge on any atom is -0.457 e. The smallest absolute Gasteiger partial charge is 0.313 e. The maximum atomic E-state index is 12.3. The van der Waals surface area contributed by atoms with E-state index in [1.165, 1.54) is 0 Å². The van der Waals surface area contributed by atoms with Gasteiger partial charge in [-0.2, -0.15) is 0 Å². The quantitative estimate of drug-likeness (QED) is 0.493. The van der Waals surface area contributed by atoms with Crippen molar-refractivity contribution in [3.05, 3.63) is 96.8 Å². The molecule has 0 fully saturated rings. The lowest BCUT2D eigenvalue weighted by molar-refractivity contribution is -0.136. The van der Waals surface area contributed by atoms with Crippen LogP contribution in [0.4, 0.5) is 5.69 Å². The molecule has 2 N–H and O–H groups in total. The van der Waals surface area contributed by atoms with Crippen LogP contribution in [0.25, 0.3) is 10.8 Å². The standard InChI is InChI=1S/C24H19N3O3/c28-23(24(29)27-22-11-5-7-18-16-25-13-12-21(18)22)26-15-17-6-4-10-20(14-17)30-19-8-2-1-3-9-19/h1-14,16H,15H2,(H,26,28)(H,27,29). The van der Waals surface area contributed by atoms with Crippen LogP contribution in [0.1, 0.15) is 5.56 Å². The van der Waals surface area contributed by atoms with Crippen molar-refractivity contribution in [2.24, 2.45) is 0 Å². The molecular formula is C24H19N3O3. The molecule has 2 amide bonds. The molecule has 0 bridgehead atoms. The molecule has 148 valence electrons. The first kappa shape index (κ1) is 19.1. The van der Waals surface area contributed by atoms with E-state index in [0.717, 1.165) is 22.1 Å². The lowest BCUT2D eigenvalue weighted by atomic mass is 10.1. The monoisotopic (exact) mass is 397 g/mol. The maximum absolute atomic E-state index is 12.3. The van der Waals surface area contributed by atoms with Crippen LogP contribution in [0.15, 0.2) is 91.3 Å². The Morgan fingerprint density at radius 2 is 1.63 bits per heavy atom. The fraction of sp³-hybridized carbons (Fsp3) is 0.0417. The Bertz CT molecular complexity index is 1190. The first-order chi connectivity index (χ1) is 14.7. The number of aromatic nitrogens is 1. The average Bonchev–Trinajstić information content (AvgIpc) is 2.78. The third-order valence-corrected chi connectivity index (χ3v) is 4.47. The third kappa shape index (κ3) is 4.62. The number of ether oxygens (including phenoxy) is 1. The van der Waals surface area contributed by atoms with E-state index < -0.39 is 11.8 Å². The van der Waals surface area contributed by atoms with Crippen molar-refractivity contribution in [2.45, 2.75) is 6.54 Å².